The molecule has 0 spiro atoms. The van der Waals surface area contributed by atoms with Crippen LogP contribution in [0.1, 0.15) is 18.4 Å². The van der Waals surface area contributed by atoms with E-state index in [2.05, 4.69) is 16.8 Å². The van der Waals surface area contributed by atoms with Gasteiger partial charge in [0.25, 0.3) is 11.8 Å². The van der Waals surface area contributed by atoms with E-state index < -0.39 is 17.8 Å². The Morgan fingerprint density at radius 1 is 1.08 bits per heavy atom. The third-order valence-electron chi connectivity index (χ3n) is 4.17. The predicted octanol–water partition coefficient (Wildman–Crippen LogP) is 1.93. The fourth-order valence-electron chi connectivity index (χ4n) is 2.91. The molecule has 0 saturated carbocycles. The largest absolute Gasteiger partial charge is 0.372 e. The van der Waals surface area contributed by atoms with Gasteiger partial charge in [-0.15, -0.1) is 6.58 Å². The van der Waals surface area contributed by atoms with Crippen molar-refractivity contribution in [2.45, 2.75) is 12.8 Å². The highest BCUT2D eigenvalue weighted by Crippen LogP contribution is 2.22. The number of imide groups is 2. The fourth-order valence-corrected chi connectivity index (χ4v) is 2.91. The molecule has 6 heteroatoms. The van der Waals surface area contributed by atoms with Gasteiger partial charge in [-0.2, -0.15) is 0 Å². The second-order valence-corrected chi connectivity index (χ2v) is 5.81. The van der Waals surface area contributed by atoms with Gasteiger partial charge in [-0.3, -0.25) is 19.8 Å². The highest BCUT2D eigenvalue weighted by Gasteiger charge is 2.34. The van der Waals surface area contributed by atoms with Crippen molar-refractivity contribution < 1.29 is 14.4 Å². The summed E-state index contributed by atoms with van der Waals surface area (Å²) in [6.07, 6.45) is 5.35. The minimum Gasteiger partial charge on any atom is -0.372 e. The van der Waals surface area contributed by atoms with Gasteiger partial charge in [-0.05, 0) is 36.6 Å². The van der Waals surface area contributed by atoms with Crippen molar-refractivity contribution in [3.8, 4) is 0 Å². The zero-order chi connectivity index (χ0) is 17.1. The van der Waals surface area contributed by atoms with Crippen molar-refractivity contribution in [2.24, 2.45) is 0 Å². The van der Waals surface area contributed by atoms with Crippen LogP contribution in [-0.4, -0.2) is 42.4 Å². The van der Waals surface area contributed by atoms with Crippen LogP contribution in [0.15, 0.2) is 42.5 Å². The van der Waals surface area contributed by atoms with E-state index in [9.17, 15) is 14.4 Å². The van der Waals surface area contributed by atoms with Gasteiger partial charge in [0.1, 0.15) is 5.57 Å². The summed E-state index contributed by atoms with van der Waals surface area (Å²) in [7, 11) is 0. The maximum Gasteiger partial charge on any atom is 0.331 e. The summed E-state index contributed by atoms with van der Waals surface area (Å²) >= 11 is 0. The first-order valence-corrected chi connectivity index (χ1v) is 7.95. The molecule has 0 atom stereocenters. The Bertz CT molecular complexity index is 716. The normalized spacial score (nSPS) is 19.8. The van der Waals surface area contributed by atoms with Crippen molar-refractivity contribution in [3.05, 3.63) is 48.1 Å². The molecule has 124 valence electrons. The quantitative estimate of drug-likeness (QED) is 0.522. The molecule has 1 aromatic carbocycles. The summed E-state index contributed by atoms with van der Waals surface area (Å²) in [5.41, 5.74) is 1.83. The molecule has 0 unspecified atom stereocenters. The molecule has 2 heterocycles. The first-order valence-electron chi connectivity index (χ1n) is 7.95. The number of urea groups is 1. The minimum absolute atomic E-state index is 0.0506. The number of benzene rings is 1. The standard InChI is InChI=1S/C18H19N3O3/c1-2-9-21-17(23)15(16(22)19-18(21)24)12-13-5-7-14(8-6-13)20-10-3-4-11-20/h2,5-8,12H,1,3-4,9-11H2,(H,19,22,24)/b15-12-. The molecule has 2 aliphatic rings. The summed E-state index contributed by atoms with van der Waals surface area (Å²) in [6.45, 7) is 5.69. The van der Waals surface area contributed by atoms with E-state index in [-0.39, 0.29) is 12.1 Å². The number of barbiturate groups is 1. The molecule has 0 radical (unpaired) electrons. The lowest BCUT2D eigenvalue weighted by atomic mass is 10.1. The molecule has 2 saturated heterocycles. The first kappa shape index (κ1) is 16.0. The SMILES string of the molecule is C=CCN1C(=O)NC(=O)/C(=C/c2ccc(N3CCCC3)cc2)C1=O. The average Bonchev–Trinajstić information content (AvgIpc) is 3.10. The highest BCUT2D eigenvalue weighted by molar-refractivity contribution is 6.31. The van der Waals surface area contributed by atoms with Crippen LogP contribution in [0.5, 0.6) is 0 Å². The van der Waals surface area contributed by atoms with E-state index in [0.717, 1.165) is 29.2 Å². The molecule has 24 heavy (non-hydrogen) atoms. The topological polar surface area (TPSA) is 69.7 Å². The summed E-state index contributed by atoms with van der Waals surface area (Å²) in [4.78, 5) is 39.3. The summed E-state index contributed by atoms with van der Waals surface area (Å²) < 4.78 is 0. The van der Waals surface area contributed by atoms with Crippen molar-refractivity contribution in [1.29, 1.82) is 0 Å². The molecule has 1 aromatic rings. The number of carbonyl (C=O) groups is 3. The van der Waals surface area contributed by atoms with Gasteiger partial charge in [0.15, 0.2) is 0 Å². The maximum absolute atomic E-state index is 12.3. The number of hydrogen-bond donors (Lipinski definition) is 1. The number of nitrogens with one attached hydrogen (secondary N) is 1. The van der Waals surface area contributed by atoms with Crippen molar-refractivity contribution >= 4 is 29.6 Å². The number of nitrogens with zero attached hydrogens (tertiary/aromatic N) is 2. The monoisotopic (exact) mass is 325 g/mol. The molecule has 0 bridgehead atoms. The Labute approximate surface area is 140 Å². The Morgan fingerprint density at radius 2 is 1.75 bits per heavy atom. The van der Waals surface area contributed by atoms with Crippen LogP contribution in [-0.2, 0) is 9.59 Å². The Balaban J connectivity index is 1.83. The number of anilines is 1. The van der Waals surface area contributed by atoms with E-state index in [1.165, 1.54) is 25.0 Å². The third-order valence-corrected chi connectivity index (χ3v) is 4.17. The molecular formula is C18H19N3O3. The van der Waals surface area contributed by atoms with Crippen LogP contribution < -0.4 is 10.2 Å². The zero-order valence-electron chi connectivity index (χ0n) is 13.3. The Kier molecular flexibility index (Phi) is 4.46. The molecule has 3 rings (SSSR count). The van der Waals surface area contributed by atoms with Crippen LogP contribution in [0, 0.1) is 0 Å². The predicted molar refractivity (Wildman–Crippen MR) is 91.3 cm³/mol. The smallest absolute Gasteiger partial charge is 0.331 e. The molecule has 4 amide bonds. The number of carbonyl (C=O) groups excluding carboxylic acids is 3. The summed E-state index contributed by atoms with van der Waals surface area (Å²) in [5, 5.41) is 2.17. The van der Waals surface area contributed by atoms with Crippen LogP contribution in [0.2, 0.25) is 0 Å². The van der Waals surface area contributed by atoms with Gasteiger partial charge in [0.2, 0.25) is 0 Å². The zero-order valence-corrected chi connectivity index (χ0v) is 13.3. The lowest BCUT2D eigenvalue weighted by molar-refractivity contribution is -0.129. The fraction of sp³-hybridized carbons (Fsp3) is 0.278. The molecule has 2 fully saturated rings. The first-order chi connectivity index (χ1) is 11.6. The summed E-state index contributed by atoms with van der Waals surface area (Å²) in [5.74, 6) is -1.28. The second kappa shape index (κ2) is 6.70. The minimum atomic E-state index is -0.716. The van der Waals surface area contributed by atoms with Gasteiger partial charge in [-0.25, -0.2) is 4.79 Å². The number of rotatable bonds is 4. The third kappa shape index (κ3) is 3.08. The van der Waals surface area contributed by atoms with Gasteiger partial charge in [0, 0.05) is 25.3 Å². The molecule has 1 N–H and O–H groups in total. The van der Waals surface area contributed by atoms with Crippen LogP contribution in [0.3, 0.4) is 0 Å². The lowest BCUT2D eigenvalue weighted by Crippen LogP contribution is -2.54. The molecule has 6 nitrogen and oxygen atoms in total. The van der Waals surface area contributed by atoms with E-state index in [1.807, 2.05) is 24.3 Å². The lowest BCUT2D eigenvalue weighted by Gasteiger charge is -2.25. The average molecular weight is 325 g/mol. The van der Waals surface area contributed by atoms with Gasteiger partial charge in [-0.1, -0.05) is 18.2 Å². The second-order valence-electron chi connectivity index (χ2n) is 5.81. The maximum atomic E-state index is 12.3. The Morgan fingerprint density at radius 3 is 2.38 bits per heavy atom. The number of hydrogen-bond acceptors (Lipinski definition) is 4. The van der Waals surface area contributed by atoms with Crippen LogP contribution >= 0.6 is 0 Å². The molecular weight excluding hydrogens is 306 g/mol. The van der Waals surface area contributed by atoms with E-state index >= 15 is 0 Å². The van der Waals surface area contributed by atoms with Gasteiger partial charge < -0.3 is 4.90 Å². The van der Waals surface area contributed by atoms with Crippen molar-refractivity contribution in [2.75, 3.05) is 24.5 Å². The van der Waals surface area contributed by atoms with E-state index in [4.69, 9.17) is 0 Å². The van der Waals surface area contributed by atoms with Crippen LogP contribution in [0.25, 0.3) is 6.08 Å². The summed E-state index contributed by atoms with van der Waals surface area (Å²) in [6, 6.07) is 6.99. The molecule has 2 aliphatic heterocycles. The molecule has 0 aliphatic carbocycles. The van der Waals surface area contributed by atoms with Crippen molar-refractivity contribution in [1.82, 2.24) is 10.2 Å². The van der Waals surface area contributed by atoms with Gasteiger partial charge in [0.05, 0.1) is 0 Å². The molecule has 0 aromatic heterocycles. The van der Waals surface area contributed by atoms with E-state index in [1.54, 1.807) is 0 Å². The number of amides is 4. The Hall–Kier alpha value is -2.89. The van der Waals surface area contributed by atoms with Gasteiger partial charge >= 0.3 is 6.03 Å². The van der Waals surface area contributed by atoms with Crippen LogP contribution in [0.4, 0.5) is 10.5 Å². The highest BCUT2D eigenvalue weighted by atomic mass is 16.2. The van der Waals surface area contributed by atoms with E-state index in [0.29, 0.717) is 0 Å². The van der Waals surface area contributed by atoms with Crippen molar-refractivity contribution in [3.63, 3.8) is 0 Å².